The molecule has 0 aliphatic rings. The number of carbonyl (C=O) groups is 1. The first-order chi connectivity index (χ1) is 7.79. The van der Waals surface area contributed by atoms with Crippen LogP contribution in [0.1, 0.15) is 36.7 Å². The van der Waals surface area contributed by atoms with Gasteiger partial charge in [0.1, 0.15) is 0 Å². The van der Waals surface area contributed by atoms with Crippen LogP contribution < -0.4 is 0 Å². The molecule has 0 atom stereocenters. The molecule has 0 unspecified atom stereocenters. The highest BCUT2D eigenvalue weighted by atomic mass is 16.1. The average Bonchev–Trinajstić information content (AvgIpc) is 2.14. The van der Waals surface area contributed by atoms with Crippen LogP contribution in [0.15, 0.2) is 24.3 Å². The van der Waals surface area contributed by atoms with Crippen molar-refractivity contribution < 1.29 is 4.79 Å². The van der Waals surface area contributed by atoms with Gasteiger partial charge in [0.2, 0.25) is 0 Å². The number of Topliss-reactive ketones (excluding diaryl/α,β-unsaturated/α-hetero) is 1. The molecule has 0 radical (unpaired) electrons. The number of ketones is 1. The minimum atomic E-state index is 0.204. The summed E-state index contributed by atoms with van der Waals surface area (Å²) in [6, 6.07) is 7.77. The summed E-state index contributed by atoms with van der Waals surface area (Å²) < 4.78 is 0. The lowest BCUT2D eigenvalue weighted by atomic mass is 9.96. The molecule has 1 aromatic carbocycles. The predicted octanol–water partition coefficient (Wildman–Crippen LogP) is 3.16. The number of hydrogen-bond donors (Lipinski definition) is 0. The molecular weight excluding hydrogens is 210 g/mol. The van der Waals surface area contributed by atoms with Gasteiger partial charge in [-0.05, 0) is 24.9 Å². The van der Waals surface area contributed by atoms with E-state index in [1.807, 2.05) is 38.2 Å². The van der Waals surface area contributed by atoms with Crippen LogP contribution in [0.25, 0.3) is 0 Å². The molecular formula is C15H23NO. The van der Waals surface area contributed by atoms with Gasteiger partial charge in [0.05, 0.1) is 6.54 Å². The maximum absolute atomic E-state index is 12.1. The van der Waals surface area contributed by atoms with E-state index in [0.717, 1.165) is 17.7 Å². The van der Waals surface area contributed by atoms with Crippen molar-refractivity contribution in [3.63, 3.8) is 0 Å². The third kappa shape index (κ3) is 4.70. The molecule has 0 aliphatic carbocycles. The van der Waals surface area contributed by atoms with E-state index in [1.54, 1.807) is 0 Å². The van der Waals surface area contributed by atoms with Gasteiger partial charge in [-0.25, -0.2) is 0 Å². The predicted molar refractivity (Wildman–Crippen MR) is 72.5 cm³/mol. The lowest BCUT2D eigenvalue weighted by Crippen LogP contribution is -2.33. The fraction of sp³-hybridized carbons (Fsp3) is 0.533. The highest BCUT2D eigenvalue weighted by Crippen LogP contribution is 2.15. The molecule has 0 aromatic heterocycles. The maximum Gasteiger partial charge on any atom is 0.177 e. The van der Waals surface area contributed by atoms with Crippen LogP contribution in [-0.4, -0.2) is 30.8 Å². The summed E-state index contributed by atoms with van der Waals surface area (Å²) in [5.41, 5.74) is 2.12. The van der Waals surface area contributed by atoms with Gasteiger partial charge in [0.15, 0.2) is 5.78 Å². The van der Waals surface area contributed by atoms with Gasteiger partial charge in [-0.3, -0.25) is 9.69 Å². The van der Waals surface area contributed by atoms with Crippen molar-refractivity contribution in [2.24, 2.45) is 5.41 Å². The lowest BCUT2D eigenvalue weighted by molar-refractivity contribution is 0.0926. The van der Waals surface area contributed by atoms with Crippen LogP contribution in [0.3, 0.4) is 0 Å². The van der Waals surface area contributed by atoms with Gasteiger partial charge >= 0.3 is 0 Å². The van der Waals surface area contributed by atoms with Crippen LogP contribution in [0.4, 0.5) is 0 Å². The van der Waals surface area contributed by atoms with Crippen LogP contribution in [0, 0.1) is 12.3 Å². The number of hydrogen-bond acceptors (Lipinski definition) is 2. The molecule has 0 saturated heterocycles. The molecule has 0 saturated carbocycles. The summed E-state index contributed by atoms with van der Waals surface area (Å²) in [4.78, 5) is 14.2. The van der Waals surface area contributed by atoms with E-state index in [2.05, 4.69) is 25.7 Å². The first-order valence-corrected chi connectivity index (χ1v) is 6.07. The van der Waals surface area contributed by atoms with E-state index in [9.17, 15) is 4.79 Å². The van der Waals surface area contributed by atoms with Crippen molar-refractivity contribution in [3.8, 4) is 0 Å². The third-order valence-electron chi connectivity index (χ3n) is 2.60. The van der Waals surface area contributed by atoms with Crippen molar-refractivity contribution in [3.05, 3.63) is 35.4 Å². The summed E-state index contributed by atoms with van der Waals surface area (Å²) in [6.07, 6.45) is 0. The average molecular weight is 233 g/mol. The van der Waals surface area contributed by atoms with Crippen LogP contribution in [0.2, 0.25) is 0 Å². The van der Waals surface area contributed by atoms with Crippen LogP contribution in [-0.2, 0) is 0 Å². The standard InChI is InChI=1S/C15H23NO/c1-12-8-6-7-9-13(12)14(17)10-16(5)11-15(2,3)4/h6-9H,10-11H2,1-5H3. The van der Waals surface area contributed by atoms with E-state index in [1.165, 1.54) is 0 Å². The Morgan fingerprint density at radius 1 is 1.24 bits per heavy atom. The summed E-state index contributed by atoms with van der Waals surface area (Å²) >= 11 is 0. The highest BCUT2D eigenvalue weighted by molar-refractivity contribution is 5.98. The second kappa shape index (κ2) is 5.46. The third-order valence-corrected chi connectivity index (χ3v) is 2.60. The van der Waals surface area contributed by atoms with Gasteiger partial charge in [0, 0.05) is 12.1 Å². The van der Waals surface area contributed by atoms with Crippen LogP contribution >= 0.6 is 0 Å². The highest BCUT2D eigenvalue weighted by Gasteiger charge is 2.16. The maximum atomic E-state index is 12.1. The molecule has 1 rings (SSSR count). The summed E-state index contributed by atoms with van der Waals surface area (Å²) in [6.45, 7) is 9.94. The SMILES string of the molecule is Cc1ccccc1C(=O)CN(C)CC(C)(C)C. The van der Waals surface area contributed by atoms with Crippen molar-refractivity contribution in [2.45, 2.75) is 27.7 Å². The van der Waals surface area contributed by atoms with Crippen molar-refractivity contribution >= 4 is 5.78 Å². The summed E-state index contributed by atoms with van der Waals surface area (Å²) in [5, 5.41) is 0. The molecule has 0 bridgehead atoms. The smallest absolute Gasteiger partial charge is 0.177 e. The number of aryl methyl sites for hydroxylation is 1. The Balaban J connectivity index is 2.64. The zero-order valence-electron chi connectivity index (χ0n) is 11.6. The first kappa shape index (κ1) is 13.9. The molecule has 1 aromatic rings. The van der Waals surface area contributed by atoms with E-state index < -0.39 is 0 Å². The first-order valence-electron chi connectivity index (χ1n) is 6.07. The normalized spacial score (nSPS) is 11.9. The Kier molecular flexibility index (Phi) is 4.47. The van der Waals surface area contributed by atoms with E-state index in [-0.39, 0.29) is 11.2 Å². The second-order valence-corrected chi connectivity index (χ2v) is 5.97. The molecule has 0 aliphatic heterocycles. The Bertz CT molecular complexity index is 390. The zero-order valence-corrected chi connectivity index (χ0v) is 11.6. The molecule has 0 fully saturated rings. The van der Waals surface area contributed by atoms with Gasteiger partial charge in [-0.2, -0.15) is 0 Å². The zero-order chi connectivity index (χ0) is 13.1. The molecule has 0 heterocycles. The Morgan fingerprint density at radius 2 is 1.82 bits per heavy atom. The minimum Gasteiger partial charge on any atom is -0.298 e. The number of nitrogens with zero attached hydrogens (tertiary/aromatic N) is 1. The molecule has 94 valence electrons. The number of carbonyl (C=O) groups excluding carboxylic acids is 1. The van der Waals surface area contributed by atoms with E-state index in [4.69, 9.17) is 0 Å². The monoisotopic (exact) mass is 233 g/mol. The molecule has 0 N–H and O–H groups in total. The van der Waals surface area contributed by atoms with E-state index >= 15 is 0 Å². The molecule has 2 heteroatoms. The molecule has 17 heavy (non-hydrogen) atoms. The largest absolute Gasteiger partial charge is 0.298 e. The minimum absolute atomic E-state index is 0.204. The topological polar surface area (TPSA) is 20.3 Å². The molecule has 0 amide bonds. The van der Waals surface area contributed by atoms with Crippen LogP contribution in [0.5, 0.6) is 0 Å². The van der Waals surface area contributed by atoms with E-state index in [0.29, 0.717) is 6.54 Å². The van der Waals surface area contributed by atoms with Gasteiger partial charge < -0.3 is 0 Å². The van der Waals surface area contributed by atoms with Crippen molar-refractivity contribution in [2.75, 3.05) is 20.1 Å². The number of likely N-dealkylation sites (N-methyl/N-ethyl adjacent to an activating group) is 1. The summed E-state index contributed by atoms with van der Waals surface area (Å²) in [7, 11) is 2.00. The van der Waals surface area contributed by atoms with Gasteiger partial charge in [-0.1, -0.05) is 45.0 Å². The Morgan fingerprint density at radius 3 is 2.35 bits per heavy atom. The van der Waals surface area contributed by atoms with Crippen molar-refractivity contribution in [1.82, 2.24) is 4.90 Å². The quantitative estimate of drug-likeness (QED) is 0.745. The fourth-order valence-corrected chi connectivity index (χ4v) is 2.08. The number of rotatable bonds is 4. The molecule has 0 spiro atoms. The second-order valence-electron chi connectivity index (χ2n) is 5.97. The Labute approximate surface area is 105 Å². The summed E-state index contributed by atoms with van der Waals surface area (Å²) in [5.74, 6) is 0.204. The van der Waals surface area contributed by atoms with Gasteiger partial charge in [0.25, 0.3) is 0 Å². The van der Waals surface area contributed by atoms with Crippen molar-refractivity contribution in [1.29, 1.82) is 0 Å². The molecule has 2 nitrogen and oxygen atoms in total. The van der Waals surface area contributed by atoms with Gasteiger partial charge in [-0.15, -0.1) is 0 Å². The lowest BCUT2D eigenvalue weighted by Gasteiger charge is -2.26. The number of benzene rings is 1. The Hall–Kier alpha value is -1.15. The fourth-order valence-electron chi connectivity index (χ4n) is 2.08.